The maximum Gasteiger partial charge on any atom is 0.131 e. The second-order valence-corrected chi connectivity index (χ2v) is 4.93. The van der Waals surface area contributed by atoms with Crippen LogP contribution in [0.15, 0.2) is 30.3 Å². The van der Waals surface area contributed by atoms with E-state index >= 15 is 0 Å². The van der Waals surface area contributed by atoms with Crippen molar-refractivity contribution < 1.29 is 13.5 Å². The number of benzene rings is 1. The predicted octanol–water partition coefficient (Wildman–Crippen LogP) is 3.82. The Hall–Kier alpha value is -0.960. The molecule has 2 rings (SSSR count). The van der Waals surface area contributed by atoms with Crippen molar-refractivity contribution in [2.24, 2.45) is 0 Å². The molecule has 1 saturated carbocycles. The third-order valence-corrected chi connectivity index (χ3v) is 3.49. The molecule has 0 amide bonds. The van der Waals surface area contributed by atoms with Crippen LogP contribution < -0.4 is 0 Å². The molecule has 0 heterocycles. The molecule has 17 heavy (non-hydrogen) atoms. The molecule has 0 aromatic heterocycles. The highest BCUT2D eigenvalue weighted by Crippen LogP contribution is 2.35. The van der Waals surface area contributed by atoms with Crippen LogP contribution in [0.4, 0.5) is 8.78 Å². The first-order chi connectivity index (χ1) is 8.10. The highest BCUT2D eigenvalue weighted by molar-refractivity contribution is 5.13. The summed E-state index contributed by atoms with van der Waals surface area (Å²) in [6.45, 7) is 2.13. The van der Waals surface area contributed by atoms with E-state index in [-0.39, 0.29) is 6.42 Å². The van der Waals surface area contributed by atoms with Crippen molar-refractivity contribution in [1.82, 2.24) is 0 Å². The van der Waals surface area contributed by atoms with Gasteiger partial charge in [0.2, 0.25) is 0 Å². The minimum atomic E-state index is -1.21. The monoisotopic (exact) mass is 240 g/mol. The smallest absolute Gasteiger partial charge is 0.131 e. The lowest BCUT2D eigenvalue weighted by molar-refractivity contribution is -0.124. The van der Waals surface area contributed by atoms with E-state index in [1.165, 1.54) is 0 Å². The van der Waals surface area contributed by atoms with Crippen LogP contribution >= 0.6 is 0 Å². The average molecular weight is 240 g/mol. The predicted molar refractivity (Wildman–Crippen MR) is 63.3 cm³/mol. The van der Waals surface area contributed by atoms with Gasteiger partial charge in [0.05, 0.1) is 12.2 Å². The standard InChI is InChI=1S/C14H18F2O/c1-14(8-7-12(15)9-13(14)16)17-10-11-5-3-2-4-6-11/h2-6,12-13H,7-10H2,1H3. The zero-order valence-electron chi connectivity index (χ0n) is 10.0. The SMILES string of the molecule is CC1(OCc2ccccc2)CCC(F)CC1F. The number of alkyl halides is 2. The van der Waals surface area contributed by atoms with Gasteiger partial charge in [0.1, 0.15) is 12.3 Å². The second kappa shape index (κ2) is 5.13. The van der Waals surface area contributed by atoms with Gasteiger partial charge in [-0.2, -0.15) is 0 Å². The van der Waals surface area contributed by atoms with E-state index < -0.39 is 17.9 Å². The number of hydrogen-bond donors (Lipinski definition) is 0. The first-order valence-electron chi connectivity index (χ1n) is 6.06. The molecule has 3 unspecified atom stereocenters. The third-order valence-electron chi connectivity index (χ3n) is 3.49. The van der Waals surface area contributed by atoms with Crippen LogP contribution in [0.2, 0.25) is 0 Å². The summed E-state index contributed by atoms with van der Waals surface area (Å²) < 4.78 is 32.5. The van der Waals surface area contributed by atoms with Gasteiger partial charge in [0.15, 0.2) is 0 Å². The van der Waals surface area contributed by atoms with Crippen molar-refractivity contribution in [2.45, 2.75) is 50.7 Å². The summed E-state index contributed by atoms with van der Waals surface area (Å²) in [6.07, 6.45) is -1.42. The molecule has 0 radical (unpaired) electrons. The van der Waals surface area contributed by atoms with E-state index in [1.54, 1.807) is 6.92 Å². The molecular weight excluding hydrogens is 222 g/mol. The molecular formula is C14H18F2O. The van der Waals surface area contributed by atoms with Gasteiger partial charge in [-0.15, -0.1) is 0 Å². The lowest BCUT2D eigenvalue weighted by Crippen LogP contribution is -2.44. The third kappa shape index (κ3) is 3.03. The maximum atomic E-state index is 13.8. The summed E-state index contributed by atoms with van der Waals surface area (Å²) in [6, 6.07) is 9.66. The van der Waals surface area contributed by atoms with E-state index in [0.29, 0.717) is 19.4 Å². The Morgan fingerprint density at radius 2 is 2.00 bits per heavy atom. The van der Waals surface area contributed by atoms with Crippen molar-refractivity contribution in [1.29, 1.82) is 0 Å². The zero-order valence-corrected chi connectivity index (χ0v) is 10.0. The van der Waals surface area contributed by atoms with Crippen molar-refractivity contribution in [3.63, 3.8) is 0 Å². The molecule has 1 nitrogen and oxygen atoms in total. The molecule has 0 bridgehead atoms. The molecule has 0 saturated heterocycles. The van der Waals surface area contributed by atoms with E-state index in [1.807, 2.05) is 30.3 Å². The lowest BCUT2D eigenvalue weighted by atomic mass is 9.83. The summed E-state index contributed by atoms with van der Waals surface area (Å²) in [7, 11) is 0. The second-order valence-electron chi connectivity index (χ2n) is 4.93. The Bertz CT molecular complexity index is 354. The molecule has 3 atom stereocenters. The molecule has 3 heteroatoms. The van der Waals surface area contributed by atoms with Crippen molar-refractivity contribution in [3.05, 3.63) is 35.9 Å². The van der Waals surface area contributed by atoms with Crippen LogP contribution in [0.3, 0.4) is 0 Å². The maximum absolute atomic E-state index is 13.8. The minimum absolute atomic E-state index is 0.0364. The van der Waals surface area contributed by atoms with Gasteiger partial charge in [-0.25, -0.2) is 8.78 Å². The normalized spacial score (nSPS) is 33.6. The summed E-state index contributed by atoms with van der Waals surface area (Å²) in [4.78, 5) is 0. The Labute approximate surface area is 101 Å². The number of rotatable bonds is 3. The number of halogens is 2. The van der Waals surface area contributed by atoms with Crippen LogP contribution in [0.1, 0.15) is 31.7 Å². The molecule has 94 valence electrons. The van der Waals surface area contributed by atoms with Gasteiger partial charge < -0.3 is 4.74 Å². The van der Waals surface area contributed by atoms with E-state index in [2.05, 4.69) is 0 Å². The molecule has 1 aromatic rings. The zero-order chi connectivity index (χ0) is 12.3. The fourth-order valence-corrected chi connectivity index (χ4v) is 2.18. The van der Waals surface area contributed by atoms with Crippen molar-refractivity contribution in [2.75, 3.05) is 0 Å². The van der Waals surface area contributed by atoms with E-state index in [9.17, 15) is 8.78 Å². The molecule has 0 aliphatic heterocycles. The van der Waals surface area contributed by atoms with Gasteiger partial charge in [-0.05, 0) is 25.3 Å². The minimum Gasteiger partial charge on any atom is -0.368 e. The molecule has 0 N–H and O–H groups in total. The molecule has 1 aliphatic rings. The largest absolute Gasteiger partial charge is 0.368 e. The van der Waals surface area contributed by atoms with Gasteiger partial charge in [-0.3, -0.25) is 0 Å². The molecule has 1 aromatic carbocycles. The van der Waals surface area contributed by atoms with Gasteiger partial charge in [0.25, 0.3) is 0 Å². The highest BCUT2D eigenvalue weighted by Gasteiger charge is 2.41. The summed E-state index contributed by atoms with van der Waals surface area (Å²) in [5.41, 5.74) is 0.182. The topological polar surface area (TPSA) is 9.23 Å². The van der Waals surface area contributed by atoms with Gasteiger partial charge in [0, 0.05) is 6.42 Å². The molecule has 1 fully saturated rings. The summed E-state index contributed by atoms with van der Waals surface area (Å²) in [5.74, 6) is 0. The fraction of sp³-hybridized carbons (Fsp3) is 0.571. The first kappa shape index (κ1) is 12.5. The number of ether oxygens (including phenoxy) is 1. The summed E-state index contributed by atoms with van der Waals surface area (Å²) >= 11 is 0. The highest BCUT2D eigenvalue weighted by atomic mass is 19.1. The van der Waals surface area contributed by atoms with Crippen LogP contribution in [-0.4, -0.2) is 17.9 Å². The van der Waals surface area contributed by atoms with Crippen LogP contribution in [0, 0.1) is 0 Å². The fourth-order valence-electron chi connectivity index (χ4n) is 2.18. The quantitative estimate of drug-likeness (QED) is 0.780. The van der Waals surface area contributed by atoms with Crippen molar-refractivity contribution >= 4 is 0 Å². The Morgan fingerprint density at radius 1 is 1.29 bits per heavy atom. The molecule has 1 aliphatic carbocycles. The Balaban J connectivity index is 1.94. The first-order valence-corrected chi connectivity index (χ1v) is 6.06. The Kier molecular flexibility index (Phi) is 3.77. The van der Waals surface area contributed by atoms with E-state index in [0.717, 1.165) is 5.56 Å². The molecule has 0 spiro atoms. The average Bonchev–Trinajstić information content (AvgIpc) is 2.34. The van der Waals surface area contributed by atoms with Crippen LogP contribution in [0.25, 0.3) is 0 Å². The number of hydrogen-bond acceptors (Lipinski definition) is 1. The lowest BCUT2D eigenvalue weighted by Gasteiger charge is -2.38. The van der Waals surface area contributed by atoms with E-state index in [4.69, 9.17) is 4.74 Å². The van der Waals surface area contributed by atoms with Crippen LogP contribution in [0.5, 0.6) is 0 Å². The van der Waals surface area contributed by atoms with Crippen molar-refractivity contribution in [3.8, 4) is 0 Å². The van der Waals surface area contributed by atoms with Crippen LogP contribution in [-0.2, 0) is 11.3 Å². The Morgan fingerprint density at radius 3 is 2.65 bits per heavy atom. The summed E-state index contributed by atoms with van der Waals surface area (Å²) in [5, 5.41) is 0. The van der Waals surface area contributed by atoms with Gasteiger partial charge in [-0.1, -0.05) is 30.3 Å². The van der Waals surface area contributed by atoms with Gasteiger partial charge >= 0.3 is 0 Å².